The van der Waals surface area contributed by atoms with Gasteiger partial charge in [-0.1, -0.05) is 41.5 Å². The van der Waals surface area contributed by atoms with Gasteiger partial charge in [0.15, 0.2) is 17.5 Å². The summed E-state index contributed by atoms with van der Waals surface area (Å²) in [7, 11) is 0. The molecular weight excluding hydrogens is 458 g/mol. The van der Waals surface area contributed by atoms with Gasteiger partial charge in [0, 0.05) is 15.3 Å². The number of carbonyl (C=O) groups excluding carboxylic acids is 1. The molecule has 1 saturated carbocycles. The van der Waals surface area contributed by atoms with Gasteiger partial charge in [0.25, 0.3) is 0 Å². The fourth-order valence-corrected chi connectivity index (χ4v) is 4.67. The topological polar surface area (TPSA) is 41.9 Å². The van der Waals surface area contributed by atoms with Crippen molar-refractivity contribution in [2.75, 3.05) is 0 Å². The SMILES string of the molecule is CC.CC(C)(C)OC(=O)N(SF)C1=NC(c2cc(Br)ccc2F)C2CC2S1. The number of rotatable bonds is 2. The van der Waals surface area contributed by atoms with Gasteiger partial charge in [-0.25, -0.2) is 9.18 Å². The molecule has 1 aromatic carbocycles. The molecule has 3 rings (SSSR count). The molecule has 4 nitrogen and oxygen atoms in total. The molecule has 0 spiro atoms. The summed E-state index contributed by atoms with van der Waals surface area (Å²) in [6.07, 6.45) is 0.0340. The van der Waals surface area contributed by atoms with E-state index < -0.39 is 17.7 Å². The number of amides is 1. The molecule has 3 unspecified atom stereocenters. The molecule has 1 aromatic rings. The van der Waals surface area contributed by atoms with Gasteiger partial charge in [0.2, 0.25) is 0 Å². The summed E-state index contributed by atoms with van der Waals surface area (Å²) in [6.45, 7) is 9.12. The van der Waals surface area contributed by atoms with Crippen LogP contribution in [0.3, 0.4) is 0 Å². The first-order valence-electron chi connectivity index (χ1n) is 8.71. The minimum absolute atomic E-state index is 0.197. The molecule has 9 heteroatoms. The molecule has 0 bridgehead atoms. The number of halogens is 3. The first-order chi connectivity index (χ1) is 12.7. The number of thioether (sulfide) groups is 1. The lowest BCUT2D eigenvalue weighted by Gasteiger charge is -2.27. The summed E-state index contributed by atoms with van der Waals surface area (Å²) in [5, 5.41) is 0.415. The third-order valence-electron chi connectivity index (χ3n) is 3.77. The first kappa shape index (κ1) is 22.5. The summed E-state index contributed by atoms with van der Waals surface area (Å²) >= 11 is 4.43. The van der Waals surface area contributed by atoms with E-state index >= 15 is 0 Å². The molecule has 3 atom stereocenters. The van der Waals surface area contributed by atoms with Crippen molar-refractivity contribution in [2.45, 2.75) is 57.9 Å². The highest BCUT2D eigenvalue weighted by atomic mass is 79.9. The number of carbonyl (C=O) groups is 1. The molecule has 0 aromatic heterocycles. The number of ether oxygens (including phenoxy) is 1. The van der Waals surface area contributed by atoms with Crippen molar-refractivity contribution in [1.29, 1.82) is 0 Å². The average Bonchev–Trinajstić information content (AvgIpc) is 3.37. The Balaban J connectivity index is 0.00000126. The zero-order valence-corrected chi connectivity index (χ0v) is 19.1. The Morgan fingerprint density at radius 3 is 2.67 bits per heavy atom. The smallest absolute Gasteiger partial charge is 0.428 e. The number of hydrogen-bond donors (Lipinski definition) is 0. The lowest BCUT2D eigenvalue weighted by atomic mass is 10.0. The van der Waals surface area contributed by atoms with Crippen LogP contribution in [0, 0.1) is 11.7 Å². The quantitative estimate of drug-likeness (QED) is 0.430. The second kappa shape index (κ2) is 9.13. The number of aliphatic imine (C=N–C) groups is 1. The molecule has 150 valence electrons. The van der Waals surface area contributed by atoms with E-state index in [1.807, 2.05) is 13.8 Å². The fourth-order valence-electron chi connectivity index (χ4n) is 2.62. The molecule has 2 aliphatic rings. The van der Waals surface area contributed by atoms with Crippen LogP contribution in [0.25, 0.3) is 0 Å². The molecule has 0 saturated heterocycles. The first-order valence-corrected chi connectivity index (χ1v) is 11.1. The van der Waals surface area contributed by atoms with Crippen LogP contribution in [-0.4, -0.2) is 26.4 Å². The van der Waals surface area contributed by atoms with Gasteiger partial charge in [-0.3, -0.25) is 4.99 Å². The Bertz CT molecular complexity index is 728. The number of nitrogens with zero attached hydrogens (tertiary/aromatic N) is 2. The van der Waals surface area contributed by atoms with Gasteiger partial charge in [0.05, 0.1) is 6.04 Å². The van der Waals surface area contributed by atoms with Gasteiger partial charge < -0.3 is 4.74 Å². The van der Waals surface area contributed by atoms with E-state index in [1.165, 1.54) is 17.8 Å². The number of benzene rings is 1. The highest BCUT2D eigenvalue weighted by Crippen LogP contribution is 2.56. The van der Waals surface area contributed by atoms with Crippen molar-refractivity contribution in [3.05, 3.63) is 34.1 Å². The van der Waals surface area contributed by atoms with Crippen molar-refractivity contribution >= 4 is 51.3 Å². The predicted octanol–water partition coefficient (Wildman–Crippen LogP) is 6.92. The lowest BCUT2D eigenvalue weighted by molar-refractivity contribution is 0.0473. The van der Waals surface area contributed by atoms with Crippen molar-refractivity contribution in [3.8, 4) is 0 Å². The van der Waals surface area contributed by atoms with Crippen molar-refractivity contribution in [3.63, 3.8) is 0 Å². The monoisotopic (exact) mass is 480 g/mol. The predicted molar refractivity (Wildman–Crippen MR) is 112 cm³/mol. The summed E-state index contributed by atoms with van der Waals surface area (Å²) in [6, 6.07) is 4.25. The van der Waals surface area contributed by atoms with Crippen LogP contribution in [0.2, 0.25) is 0 Å². The summed E-state index contributed by atoms with van der Waals surface area (Å²) in [5.41, 5.74) is -0.296. The lowest BCUT2D eigenvalue weighted by Crippen LogP contribution is -2.36. The maximum absolute atomic E-state index is 14.3. The van der Waals surface area contributed by atoms with Crippen LogP contribution >= 0.6 is 40.0 Å². The van der Waals surface area contributed by atoms with Crippen molar-refractivity contribution in [1.82, 2.24) is 4.31 Å². The Morgan fingerprint density at radius 2 is 2.07 bits per heavy atom. The van der Waals surface area contributed by atoms with Gasteiger partial charge in [-0.2, -0.15) is 4.31 Å². The summed E-state index contributed by atoms with van der Waals surface area (Å²) < 4.78 is 34.5. The molecule has 1 amide bonds. The zero-order chi connectivity index (χ0) is 20.4. The van der Waals surface area contributed by atoms with Gasteiger partial charge in [-0.15, -0.1) is 3.89 Å². The highest BCUT2D eigenvalue weighted by Gasteiger charge is 2.50. The van der Waals surface area contributed by atoms with E-state index in [0.717, 1.165) is 15.2 Å². The van der Waals surface area contributed by atoms with Crippen LogP contribution in [-0.2, 0) is 4.74 Å². The van der Waals surface area contributed by atoms with Crippen LogP contribution in [0.5, 0.6) is 0 Å². The van der Waals surface area contributed by atoms with Crippen LogP contribution in [0.4, 0.5) is 13.1 Å². The molecule has 0 radical (unpaired) electrons. The Labute approximate surface area is 176 Å². The maximum atomic E-state index is 14.3. The Morgan fingerprint density at radius 1 is 1.41 bits per heavy atom. The van der Waals surface area contributed by atoms with E-state index in [9.17, 15) is 13.1 Å². The Kier molecular flexibility index (Phi) is 7.61. The maximum Gasteiger partial charge on any atom is 0.428 e. The number of hydrogen-bond acceptors (Lipinski definition) is 5. The van der Waals surface area contributed by atoms with E-state index in [0.29, 0.717) is 5.56 Å². The van der Waals surface area contributed by atoms with Crippen molar-refractivity contribution in [2.24, 2.45) is 10.9 Å². The zero-order valence-electron chi connectivity index (χ0n) is 15.8. The van der Waals surface area contributed by atoms with Crippen molar-refractivity contribution < 1.29 is 17.8 Å². The molecule has 1 aliphatic carbocycles. The van der Waals surface area contributed by atoms with E-state index in [1.54, 1.807) is 32.9 Å². The highest BCUT2D eigenvalue weighted by molar-refractivity contribution is 9.10. The van der Waals surface area contributed by atoms with Crippen LogP contribution < -0.4 is 0 Å². The van der Waals surface area contributed by atoms with Gasteiger partial charge >= 0.3 is 6.09 Å². The molecular formula is C18H23BrF2N2O2S2. The largest absolute Gasteiger partial charge is 0.443 e. The second-order valence-corrected chi connectivity index (χ2v) is 9.55. The van der Waals surface area contributed by atoms with Gasteiger partial charge in [0.1, 0.15) is 11.4 Å². The molecule has 1 fully saturated rings. The standard InChI is InChI=1S/C16H17BrF2N2O2S2.C2H6/c1-16(2,3)23-15(22)21(25-19)14-20-13(10-7-12(10)24-14)9-6-8(17)4-5-11(9)18;1-2/h4-6,10,12-13H,7H2,1-3H3;1-2H3. The van der Waals surface area contributed by atoms with Gasteiger partial charge in [-0.05, 0) is 51.3 Å². The van der Waals surface area contributed by atoms with E-state index in [4.69, 9.17) is 4.74 Å². The van der Waals surface area contributed by atoms with E-state index in [2.05, 4.69) is 20.9 Å². The average molecular weight is 481 g/mol. The minimum Gasteiger partial charge on any atom is -0.443 e. The normalized spacial score (nSPS) is 23.4. The Hall–Kier alpha value is -0.800. The third-order valence-corrected chi connectivity index (χ3v) is 6.18. The van der Waals surface area contributed by atoms with E-state index in [-0.39, 0.29) is 34.5 Å². The minimum atomic E-state index is -0.821. The fraction of sp³-hybridized carbons (Fsp3) is 0.556. The molecule has 0 N–H and O–H groups in total. The summed E-state index contributed by atoms with van der Waals surface area (Å²) in [5.74, 6) is -0.159. The second-order valence-electron chi connectivity index (χ2n) is 6.92. The number of amidine groups is 1. The molecule has 1 aliphatic heterocycles. The number of fused-ring (bicyclic) bond motifs is 1. The molecule has 1 heterocycles. The van der Waals surface area contributed by atoms with Crippen LogP contribution in [0.1, 0.15) is 52.6 Å². The third kappa shape index (κ3) is 5.60. The molecule has 27 heavy (non-hydrogen) atoms. The van der Waals surface area contributed by atoms with Crippen LogP contribution in [0.15, 0.2) is 27.7 Å². The summed E-state index contributed by atoms with van der Waals surface area (Å²) in [4.78, 5) is 16.7.